The molecule has 1 heterocycles. The maximum absolute atomic E-state index is 11.9. The standard InChI is InChI=1S/C18H18N2O5/c1-11-16-13(8-5-9-14(16)25-17(11)18(22)23)19-20-15(21)10-24-12-6-3-2-4-7-12/h2-4,6-7H,5,8-10H2,1H3,(H,20,21)(H,22,23)/b19-13+. The van der Waals surface area contributed by atoms with Crippen molar-refractivity contribution >= 4 is 17.6 Å². The Kier molecular flexibility index (Phi) is 4.83. The van der Waals surface area contributed by atoms with E-state index < -0.39 is 5.97 Å². The van der Waals surface area contributed by atoms with E-state index in [4.69, 9.17) is 9.15 Å². The summed E-state index contributed by atoms with van der Waals surface area (Å²) in [4.78, 5) is 23.1. The fraction of sp³-hybridized carbons (Fsp3) is 0.278. The number of aryl methyl sites for hydroxylation is 1. The molecule has 0 bridgehead atoms. The molecule has 1 aromatic carbocycles. The molecule has 25 heavy (non-hydrogen) atoms. The molecule has 0 saturated heterocycles. The van der Waals surface area contributed by atoms with Gasteiger partial charge in [-0.3, -0.25) is 4.79 Å². The number of nitrogens with zero attached hydrogens (tertiary/aromatic N) is 1. The average molecular weight is 342 g/mol. The second kappa shape index (κ2) is 7.21. The highest BCUT2D eigenvalue weighted by molar-refractivity contribution is 6.05. The molecule has 0 unspecified atom stereocenters. The Bertz CT molecular complexity index is 823. The Hall–Kier alpha value is -3.09. The number of carboxylic acids is 1. The number of amides is 1. The minimum Gasteiger partial charge on any atom is -0.484 e. The molecule has 1 aliphatic rings. The molecule has 0 radical (unpaired) electrons. The number of carbonyl (C=O) groups excluding carboxylic acids is 1. The Morgan fingerprint density at radius 2 is 2.04 bits per heavy atom. The van der Waals surface area contributed by atoms with E-state index in [2.05, 4.69) is 10.5 Å². The number of aromatic carboxylic acids is 1. The van der Waals surface area contributed by atoms with Crippen LogP contribution >= 0.6 is 0 Å². The minimum atomic E-state index is -1.11. The number of furan rings is 1. The summed E-state index contributed by atoms with van der Waals surface area (Å²) in [5.74, 6) is -0.357. The first kappa shape index (κ1) is 16.8. The van der Waals surface area contributed by atoms with Gasteiger partial charge in [0.2, 0.25) is 5.76 Å². The number of para-hydroxylation sites is 1. The molecule has 0 fully saturated rings. The van der Waals surface area contributed by atoms with Gasteiger partial charge in [-0.15, -0.1) is 0 Å². The number of rotatable bonds is 5. The van der Waals surface area contributed by atoms with Crippen LogP contribution < -0.4 is 10.2 Å². The zero-order valence-electron chi connectivity index (χ0n) is 13.7. The summed E-state index contributed by atoms with van der Waals surface area (Å²) in [6.07, 6.45) is 2.09. The van der Waals surface area contributed by atoms with Gasteiger partial charge in [-0.1, -0.05) is 18.2 Å². The lowest BCUT2D eigenvalue weighted by Crippen LogP contribution is -2.27. The van der Waals surface area contributed by atoms with Crippen molar-refractivity contribution in [3.8, 4) is 5.75 Å². The number of nitrogens with one attached hydrogen (secondary N) is 1. The van der Waals surface area contributed by atoms with Gasteiger partial charge in [-0.25, -0.2) is 10.2 Å². The van der Waals surface area contributed by atoms with Crippen molar-refractivity contribution in [3.63, 3.8) is 0 Å². The van der Waals surface area contributed by atoms with Gasteiger partial charge in [0.15, 0.2) is 6.61 Å². The normalized spacial score (nSPS) is 14.8. The van der Waals surface area contributed by atoms with E-state index in [0.29, 0.717) is 41.2 Å². The molecular formula is C18H18N2O5. The van der Waals surface area contributed by atoms with E-state index in [-0.39, 0.29) is 18.3 Å². The van der Waals surface area contributed by atoms with Crippen LogP contribution in [0.5, 0.6) is 5.75 Å². The first-order valence-electron chi connectivity index (χ1n) is 7.95. The van der Waals surface area contributed by atoms with Crippen LogP contribution in [-0.4, -0.2) is 29.3 Å². The van der Waals surface area contributed by atoms with Gasteiger partial charge in [0.1, 0.15) is 11.5 Å². The molecular weight excluding hydrogens is 324 g/mol. The number of hydrogen-bond donors (Lipinski definition) is 2. The third-order valence-electron chi connectivity index (χ3n) is 3.95. The molecule has 2 N–H and O–H groups in total. The number of hydrazone groups is 1. The lowest BCUT2D eigenvalue weighted by Gasteiger charge is -2.13. The van der Waals surface area contributed by atoms with Gasteiger partial charge in [-0.05, 0) is 31.9 Å². The van der Waals surface area contributed by atoms with Crippen molar-refractivity contribution in [3.05, 3.63) is 53.0 Å². The van der Waals surface area contributed by atoms with E-state index in [1.807, 2.05) is 18.2 Å². The van der Waals surface area contributed by atoms with Gasteiger partial charge in [-0.2, -0.15) is 5.10 Å². The molecule has 130 valence electrons. The van der Waals surface area contributed by atoms with Gasteiger partial charge in [0, 0.05) is 17.5 Å². The van der Waals surface area contributed by atoms with Crippen molar-refractivity contribution in [2.45, 2.75) is 26.2 Å². The number of carbonyl (C=O) groups is 2. The van der Waals surface area contributed by atoms with Gasteiger partial charge in [0.05, 0.1) is 5.71 Å². The maximum atomic E-state index is 11.9. The van der Waals surface area contributed by atoms with Crippen molar-refractivity contribution in [2.75, 3.05) is 6.61 Å². The highest BCUT2D eigenvalue weighted by atomic mass is 16.5. The Morgan fingerprint density at radius 3 is 2.76 bits per heavy atom. The molecule has 1 amide bonds. The molecule has 1 aromatic heterocycles. The summed E-state index contributed by atoms with van der Waals surface area (Å²) < 4.78 is 10.8. The van der Waals surface area contributed by atoms with E-state index in [1.54, 1.807) is 19.1 Å². The van der Waals surface area contributed by atoms with Crippen LogP contribution in [0.2, 0.25) is 0 Å². The van der Waals surface area contributed by atoms with Crippen molar-refractivity contribution in [2.24, 2.45) is 5.10 Å². The van der Waals surface area contributed by atoms with Crippen LogP contribution in [0.1, 0.15) is 40.3 Å². The lowest BCUT2D eigenvalue weighted by atomic mass is 9.93. The Labute approximate surface area is 144 Å². The molecule has 2 aromatic rings. The fourth-order valence-electron chi connectivity index (χ4n) is 2.81. The maximum Gasteiger partial charge on any atom is 0.372 e. The topological polar surface area (TPSA) is 101 Å². The predicted molar refractivity (Wildman–Crippen MR) is 90.0 cm³/mol. The largest absolute Gasteiger partial charge is 0.484 e. The third kappa shape index (κ3) is 3.71. The third-order valence-corrected chi connectivity index (χ3v) is 3.95. The van der Waals surface area contributed by atoms with Crippen molar-refractivity contribution < 1.29 is 23.8 Å². The van der Waals surface area contributed by atoms with E-state index in [9.17, 15) is 14.7 Å². The number of carboxylic acid groups (broad SMARTS) is 1. The summed E-state index contributed by atoms with van der Waals surface area (Å²) in [6.45, 7) is 1.53. The molecule has 0 aliphatic heterocycles. The summed E-state index contributed by atoms with van der Waals surface area (Å²) in [7, 11) is 0. The number of fused-ring (bicyclic) bond motifs is 1. The van der Waals surface area contributed by atoms with Crippen LogP contribution in [0, 0.1) is 6.92 Å². The van der Waals surface area contributed by atoms with Gasteiger partial charge >= 0.3 is 5.97 Å². The fourth-order valence-corrected chi connectivity index (χ4v) is 2.81. The highest BCUT2D eigenvalue weighted by Gasteiger charge is 2.27. The zero-order valence-corrected chi connectivity index (χ0v) is 13.7. The summed E-state index contributed by atoms with van der Waals surface area (Å²) in [6, 6.07) is 9.01. The molecule has 0 atom stereocenters. The first-order valence-corrected chi connectivity index (χ1v) is 7.95. The summed E-state index contributed by atoms with van der Waals surface area (Å²) >= 11 is 0. The molecule has 1 aliphatic carbocycles. The quantitative estimate of drug-likeness (QED) is 0.813. The van der Waals surface area contributed by atoms with E-state index in [0.717, 1.165) is 6.42 Å². The van der Waals surface area contributed by atoms with Crippen LogP contribution in [-0.2, 0) is 11.2 Å². The molecule has 0 spiro atoms. The monoisotopic (exact) mass is 342 g/mol. The van der Waals surface area contributed by atoms with E-state index >= 15 is 0 Å². The van der Waals surface area contributed by atoms with Crippen LogP contribution in [0.15, 0.2) is 39.9 Å². The SMILES string of the molecule is Cc1c(C(=O)O)oc2c1/C(=N/NC(=O)COc1ccccc1)CCC2. The van der Waals surface area contributed by atoms with E-state index in [1.165, 1.54) is 0 Å². The summed E-state index contributed by atoms with van der Waals surface area (Å²) in [5.41, 5.74) is 4.32. The average Bonchev–Trinajstić information content (AvgIpc) is 2.97. The van der Waals surface area contributed by atoms with Crippen molar-refractivity contribution in [1.82, 2.24) is 5.43 Å². The van der Waals surface area contributed by atoms with Crippen LogP contribution in [0.4, 0.5) is 0 Å². The zero-order chi connectivity index (χ0) is 17.8. The van der Waals surface area contributed by atoms with Gasteiger partial charge < -0.3 is 14.3 Å². The summed E-state index contributed by atoms with van der Waals surface area (Å²) in [5, 5.41) is 13.3. The molecule has 0 saturated carbocycles. The number of hydrogen-bond acceptors (Lipinski definition) is 5. The number of ether oxygens (including phenoxy) is 1. The lowest BCUT2D eigenvalue weighted by molar-refractivity contribution is -0.123. The Morgan fingerprint density at radius 1 is 1.28 bits per heavy atom. The first-order chi connectivity index (χ1) is 12.1. The second-order valence-corrected chi connectivity index (χ2v) is 5.71. The number of benzene rings is 1. The van der Waals surface area contributed by atoms with Crippen molar-refractivity contribution in [1.29, 1.82) is 0 Å². The predicted octanol–water partition coefficient (Wildman–Crippen LogP) is 2.52. The molecule has 7 heteroatoms. The molecule has 7 nitrogen and oxygen atoms in total. The molecule has 3 rings (SSSR count). The van der Waals surface area contributed by atoms with Crippen LogP contribution in [0.3, 0.4) is 0 Å². The minimum absolute atomic E-state index is 0.0710. The Balaban J connectivity index is 1.69. The van der Waals surface area contributed by atoms with Gasteiger partial charge in [0.25, 0.3) is 5.91 Å². The van der Waals surface area contributed by atoms with Crippen LogP contribution in [0.25, 0.3) is 0 Å². The second-order valence-electron chi connectivity index (χ2n) is 5.71. The smallest absolute Gasteiger partial charge is 0.372 e. The highest BCUT2D eigenvalue weighted by Crippen LogP contribution is 2.29.